The van der Waals surface area contributed by atoms with Gasteiger partial charge in [-0.15, -0.1) is 6.58 Å². The Morgan fingerprint density at radius 1 is 1.36 bits per heavy atom. The zero-order valence-electron chi connectivity index (χ0n) is 15.6. The van der Waals surface area contributed by atoms with Crippen molar-refractivity contribution in [2.75, 3.05) is 45.9 Å². The molecule has 0 aromatic carbocycles. The van der Waals surface area contributed by atoms with Crippen molar-refractivity contribution < 1.29 is 4.74 Å². The molecular weight excluding hydrogens is 316 g/mol. The highest BCUT2D eigenvalue weighted by atomic mass is 16.5. The third-order valence-electron chi connectivity index (χ3n) is 4.35. The summed E-state index contributed by atoms with van der Waals surface area (Å²) in [5, 5.41) is 6.70. The predicted molar refractivity (Wildman–Crippen MR) is 102 cm³/mol. The molecule has 7 nitrogen and oxygen atoms in total. The summed E-state index contributed by atoms with van der Waals surface area (Å²) in [4.78, 5) is 11.3. The van der Waals surface area contributed by atoms with E-state index in [1.807, 2.05) is 18.6 Å². The first-order valence-corrected chi connectivity index (χ1v) is 9.03. The molecule has 2 N–H and O–H groups in total. The average Bonchev–Trinajstić information content (AvgIpc) is 3.14. The summed E-state index contributed by atoms with van der Waals surface area (Å²) in [6, 6.07) is 0. The van der Waals surface area contributed by atoms with Crippen LogP contribution >= 0.6 is 0 Å². The van der Waals surface area contributed by atoms with E-state index in [0.29, 0.717) is 6.54 Å². The van der Waals surface area contributed by atoms with E-state index in [1.54, 1.807) is 6.20 Å². The zero-order chi connectivity index (χ0) is 18.0. The molecule has 25 heavy (non-hydrogen) atoms. The molecule has 0 spiro atoms. The monoisotopic (exact) mass is 348 g/mol. The third kappa shape index (κ3) is 6.88. The van der Waals surface area contributed by atoms with Crippen LogP contribution in [-0.2, 0) is 11.3 Å². The van der Waals surface area contributed by atoms with Crippen LogP contribution in [0.4, 0.5) is 0 Å². The molecule has 7 heteroatoms. The van der Waals surface area contributed by atoms with Gasteiger partial charge in [0.05, 0.1) is 26.1 Å². The van der Waals surface area contributed by atoms with Crippen LogP contribution in [0.5, 0.6) is 0 Å². The minimum Gasteiger partial charge on any atom is -0.379 e. The number of nitrogens with zero attached hydrogens (tertiary/aromatic N) is 4. The van der Waals surface area contributed by atoms with E-state index in [9.17, 15) is 0 Å². The molecule has 0 bridgehead atoms. The Kier molecular flexibility index (Phi) is 7.94. The van der Waals surface area contributed by atoms with E-state index in [0.717, 1.165) is 58.3 Å². The molecule has 0 amide bonds. The van der Waals surface area contributed by atoms with Gasteiger partial charge in [0.15, 0.2) is 5.96 Å². The molecule has 1 saturated heterocycles. The first kappa shape index (κ1) is 19.5. The van der Waals surface area contributed by atoms with E-state index < -0.39 is 0 Å². The minimum absolute atomic E-state index is 0.0172. The molecule has 1 aromatic rings. The van der Waals surface area contributed by atoms with Crippen LogP contribution in [0.15, 0.2) is 36.4 Å². The lowest BCUT2D eigenvalue weighted by Crippen LogP contribution is -2.52. The van der Waals surface area contributed by atoms with Crippen molar-refractivity contribution in [3.63, 3.8) is 0 Å². The average molecular weight is 348 g/mol. The van der Waals surface area contributed by atoms with Gasteiger partial charge in [-0.25, -0.2) is 4.98 Å². The van der Waals surface area contributed by atoms with Crippen molar-refractivity contribution in [2.24, 2.45) is 4.99 Å². The molecule has 0 radical (unpaired) electrons. The van der Waals surface area contributed by atoms with Gasteiger partial charge in [0.25, 0.3) is 0 Å². The number of hydrogen-bond donors (Lipinski definition) is 2. The van der Waals surface area contributed by atoms with Gasteiger partial charge in [-0.3, -0.25) is 9.89 Å². The summed E-state index contributed by atoms with van der Waals surface area (Å²) in [6.45, 7) is 15.0. The number of guanidine groups is 1. The molecular formula is C18H32N6O. The van der Waals surface area contributed by atoms with Crippen LogP contribution in [0.3, 0.4) is 0 Å². The lowest BCUT2D eigenvalue weighted by atomic mass is 10.0. The fourth-order valence-electron chi connectivity index (χ4n) is 2.77. The second kappa shape index (κ2) is 10.2. The first-order chi connectivity index (χ1) is 12.1. The van der Waals surface area contributed by atoms with Gasteiger partial charge in [-0.2, -0.15) is 0 Å². The van der Waals surface area contributed by atoms with Gasteiger partial charge >= 0.3 is 0 Å². The molecule has 0 saturated carbocycles. The quantitative estimate of drug-likeness (QED) is 0.303. The van der Waals surface area contributed by atoms with Crippen molar-refractivity contribution in [3.8, 4) is 0 Å². The van der Waals surface area contributed by atoms with E-state index in [-0.39, 0.29) is 5.54 Å². The van der Waals surface area contributed by atoms with Crippen LogP contribution in [0, 0.1) is 0 Å². The standard InChI is InChI=1S/C18H32N6O/c1-4-6-20-17(21-7-5-9-23-10-8-19-16-23)22-15-18(2,3)24-11-13-25-14-12-24/h4,8,10,16H,1,5-7,9,11-15H2,2-3H3,(H2,20,21,22). The lowest BCUT2D eigenvalue weighted by Gasteiger charge is -2.39. The molecule has 1 aliphatic heterocycles. The number of aromatic nitrogens is 2. The summed E-state index contributed by atoms with van der Waals surface area (Å²) >= 11 is 0. The Balaban J connectivity index is 1.81. The number of rotatable bonds is 9. The smallest absolute Gasteiger partial charge is 0.191 e. The van der Waals surface area contributed by atoms with Crippen molar-refractivity contribution >= 4 is 5.96 Å². The van der Waals surface area contributed by atoms with Crippen LogP contribution in [0.2, 0.25) is 0 Å². The lowest BCUT2D eigenvalue weighted by molar-refractivity contribution is -0.00683. The minimum atomic E-state index is 0.0172. The van der Waals surface area contributed by atoms with Gasteiger partial charge in [0, 0.05) is 50.7 Å². The Morgan fingerprint density at radius 3 is 2.84 bits per heavy atom. The van der Waals surface area contributed by atoms with E-state index in [1.165, 1.54) is 0 Å². The fraction of sp³-hybridized carbons (Fsp3) is 0.667. The Labute approximate surface area is 151 Å². The Hall–Kier alpha value is -1.86. The maximum atomic E-state index is 5.45. The number of nitrogens with one attached hydrogen (secondary N) is 2. The topological polar surface area (TPSA) is 66.7 Å². The van der Waals surface area contributed by atoms with Gasteiger partial charge in [0.1, 0.15) is 0 Å². The zero-order valence-corrected chi connectivity index (χ0v) is 15.6. The van der Waals surface area contributed by atoms with Gasteiger partial charge in [-0.1, -0.05) is 6.08 Å². The molecule has 1 aliphatic rings. The van der Waals surface area contributed by atoms with Crippen molar-refractivity contribution in [1.29, 1.82) is 0 Å². The molecule has 1 fully saturated rings. The maximum Gasteiger partial charge on any atom is 0.191 e. The number of aryl methyl sites for hydroxylation is 1. The highest BCUT2D eigenvalue weighted by Gasteiger charge is 2.28. The normalized spacial score (nSPS) is 16.6. The van der Waals surface area contributed by atoms with Crippen LogP contribution < -0.4 is 10.6 Å². The second-order valence-electron chi connectivity index (χ2n) is 6.83. The van der Waals surface area contributed by atoms with E-state index in [4.69, 9.17) is 9.73 Å². The van der Waals surface area contributed by atoms with Crippen LogP contribution in [0.1, 0.15) is 20.3 Å². The molecule has 1 aromatic heterocycles. The predicted octanol–water partition coefficient (Wildman–Crippen LogP) is 1.11. The van der Waals surface area contributed by atoms with Crippen LogP contribution in [0.25, 0.3) is 0 Å². The van der Waals surface area contributed by atoms with Crippen molar-refractivity contribution in [3.05, 3.63) is 31.4 Å². The number of imidazole rings is 1. The summed E-state index contributed by atoms with van der Waals surface area (Å²) in [6.07, 6.45) is 8.49. The van der Waals surface area contributed by atoms with Gasteiger partial charge in [-0.05, 0) is 20.3 Å². The van der Waals surface area contributed by atoms with E-state index >= 15 is 0 Å². The molecule has 0 unspecified atom stereocenters. The molecule has 140 valence electrons. The summed E-state index contributed by atoms with van der Waals surface area (Å²) in [5.41, 5.74) is 0.0172. The van der Waals surface area contributed by atoms with Gasteiger partial charge in [0.2, 0.25) is 0 Å². The molecule has 0 aliphatic carbocycles. The summed E-state index contributed by atoms with van der Waals surface area (Å²) in [7, 11) is 0. The highest BCUT2D eigenvalue weighted by Crippen LogP contribution is 2.16. The second-order valence-corrected chi connectivity index (χ2v) is 6.83. The molecule has 2 rings (SSSR count). The molecule has 0 atom stereocenters. The van der Waals surface area contributed by atoms with Gasteiger partial charge < -0.3 is 19.9 Å². The van der Waals surface area contributed by atoms with E-state index in [2.05, 4.69) is 45.5 Å². The summed E-state index contributed by atoms with van der Waals surface area (Å²) < 4.78 is 7.53. The largest absolute Gasteiger partial charge is 0.379 e. The highest BCUT2D eigenvalue weighted by molar-refractivity contribution is 5.79. The first-order valence-electron chi connectivity index (χ1n) is 9.03. The summed E-state index contributed by atoms with van der Waals surface area (Å²) in [5.74, 6) is 0.840. The number of ether oxygens (including phenoxy) is 1. The maximum absolute atomic E-state index is 5.45. The molecule has 2 heterocycles. The van der Waals surface area contributed by atoms with Crippen molar-refractivity contribution in [1.82, 2.24) is 25.1 Å². The number of aliphatic imine (C=N–C) groups is 1. The number of hydrogen-bond acceptors (Lipinski definition) is 4. The SMILES string of the molecule is C=CCNC(=NCC(C)(C)N1CCOCC1)NCCCn1ccnc1. The Morgan fingerprint density at radius 2 is 2.16 bits per heavy atom. The fourth-order valence-corrected chi connectivity index (χ4v) is 2.77. The Bertz CT molecular complexity index is 520. The van der Waals surface area contributed by atoms with Crippen molar-refractivity contribution in [2.45, 2.75) is 32.4 Å². The van der Waals surface area contributed by atoms with Crippen LogP contribution in [-0.4, -0.2) is 71.9 Å². The number of morpholine rings is 1. The third-order valence-corrected chi connectivity index (χ3v) is 4.35.